The maximum Gasteiger partial charge on any atom is 0.214 e. The standard InChI is InChI=1S/C19H22BrN5OS.ClH/c1-2-26-18-10-9-16(20)13-15(18)14-21-11-6-12-27-19-22-23-24-25(19)17-7-4-3-5-8-17;/h3-5,7-10,13,21H,2,6,11-12,14H2,1H3;1H/p-1. The number of tetrazole rings is 1. The molecule has 6 nitrogen and oxygen atoms in total. The zero-order chi connectivity index (χ0) is 18.9. The summed E-state index contributed by atoms with van der Waals surface area (Å²) in [5.74, 6) is 1.88. The molecule has 150 valence electrons. The van der Waals surface area contributed by atoms with Crippen molar-refractivity contribution in [3.63, 3.8) is 0 Å². The van der Waals surface area contributed by atoms with Crippen molar-refractivity contribution in [2.75, 3.05) is 18.9 Å². The molecular weight excluding hydrogens is 462 g/mol. The van der Waals surface area contributed by atoms with Gasteiger partial charge in [0.2, 0.25) is 5.16 Å². The van der Waals surface area contributed by atoms with Gasteiger partial charge in [-0.25, -0.2) is 0 Å². The second-order valence-electron chi connectivity index (χ2n) is 5.77. The average molecular weight is 484 g/mol. The van der Waals surface area contributed by atoms with Crippen molar-refractivity contribution in [2.45, 2.75) is 25.0 Å². The van der Waals surface area contributed by atoms with Crippen molar-refractivity contribution < 1.29 is 17.1 Å². The Bertz CT molecular complexity index is 849. The van der Waals surface area contributed by atoms with Crippen LogP contribution in [0.25, 0.3) is 5.69 Å². The molecule has 1 aromatic heterocycles. The number of halogens is 2. The summed E-state index contributed by atoms with van der Waals surface area (Å²) in [6, 6.07) is 16.0. The van der Waals surface area contributed by atoms with Crippen molar-refractivity contribution >= 4 is 27.7 Å². The molecule has 1 heterocycles. The van der Waals surface area contributed by atoms with Crippen LogP contribution in [0.3, 0.4) is 0 Å². The minimum atomic E-state index is 0. The van der Waals surface area contributed by atoms with Crippen molar-refractivity contribution in [1.29, 1.82) is 0 Å². The third kappa shape index (κ3) is 6.48. The van der Waals surface area contributed by atoms with E-state index < -0.39 is 0 Å². The van der Waals surface area contributed by atoms with E-state index in [0.29, 0.717) is 6.61 Å². The number of nitrogens with zero attached hydrogens (tertiary/aromatic N) is 4. The normalized spacial score (nSPS) is 10.5. The number of hydrogen-bond donors (Lipinski definition) is 1. The molecule has 0 aliphatic rings. The Kier molecular flexibility index (Phi) is 9.77. The monoisotopic (exact) mass is 482 g/mol. The van der Waals surface area contributed by atoms with Crippen LogP contribution >= 0.6 is 27.7 Å². The molecule has 0 saturated carbocycles. The first-order valence-corrected chi connectivity index (χ1v) is 10.6. The van der Waals surface area contributed by atoms with Crippen molar-refractivity contribution in [1.82, 2.24) is 25.5 Å². The van der Waals surface area contributed by atoms with Gasteiger partial charge in [0.25, 0.3) is 0 Å². The molecule has 3 rings (SSSR count). The Labute approximate surface area is 184 Å². The number of benzene rings is 2. The van der Waals surface area contributed by atoms with Gasteiger partial charge in [0.15, 0.2) is 0 Å². The Morgan fingerprint density at radius 2 is 2.00 bits per heavy atom. The van der Waals surface area contributed by atoms with Gasteiger partial charge >= 0.3 is 0 Å². The number of aromatic nitrogens is 4. The lowest BCUT2D eigenvalue weighted by atomic mass is 10.2. The predicted molar refractivity (Wildman–Crippen MR) is 112 cm³/mol. The van der Waals surface area contributed by atoms with E-state index in [1.165, 1.54) is 0 Å². The van der Waals surface area contributed by atoms with Gasteiger partial charge in [-0.2, -0.15) is 4.68 Å². The first kappa shape index (κ1) is 22.7. The van der Waals surface area contributed by atoms with Crippen molar-refractivity contribution in [2.24, 2.45) is 0 Å². The van der Waals surface area contributed by atoms with E-state index in [9.17, 15) is 0 Å². The first-order valence-electron chi connectivity index (χ1n) is 8.86. The molecule has 3 aromatic rings. The fraction of sp³-hybridized carbons (Fsp3) is 0.316. The topological polar surface area (TPSA) is 64.9 Å². The van der Waals surface area contributed by atoms with E-state index >= 15 is 0 Å². The van der Waals surface area contributed by atoms with E-state index in [0.717, 1.165) is 51.9 Å². The molecule has 1 N–H and O–H groups in total. The fourth-order valence-corrected chi connectivity index (χ4v) is 3.80. The number of nitrogens with one attached hydrogen (secondary N) is 1. The molecule has 0 atom stereocenters. The second kappa shape index (κ2) is 12.1. The van der Waals surface area contributed by atoms with Crippen molar-refractivity contribution in [3.05, 3.63) is 58.6 Å². The molecule has 0 fully saturated rings. The molecule has 28 heavy (non-hydrogen) atoms. The van der Waals surface area contributed by atoms with Crippen LogP contribution in [0.4, 0.5) is 0 Å². The molecule has 2 aromatic carbocycles. The van der Waals surface area contributed by atoms with E-state index in [1.54, 1.807) is 16.4 Å². The van der Waals surface area contributed by atoms with Crippen LogP contribution in [0.1, 0.15) is 18.9 Å². The van der Waals surface area contributed by atoms with Gasteiger partial charge < -0.3 is 22.5 Å². The molecule has 0 amide bonds. The molecule has 0 unspecified atom stereocenters. The SMILES string of the molecule is CCOc1ccc(Br)cc1CNCCCSc1nnnn1-c1ccccc1.[Cl-]. The Balaban J connectivity index is 0.00000280. The largest absolute Gasteiger partial charge is 1.00 e. The number of para-hydroxylation sites is 1. The Morgan fingerprint density at radius 1 is 1.18 bits per heavy atom. The minimum Gasteiger partial charge on any atom is -1.00 e. The first-order chi connectivity index (χ1) is 13.3. The van der Waals surface area contributed by atoms with Crippen LogP contribution < -0.4 is 22.5 Å². The maximum absolute atomic E-state index is 5.68. The highest BCUT2D eigenvalue weighted by atomic mass is 79.9. The molecular formula is C19H22BrClN5OS-. The Morgan fingerprint density at radius 3 is 2.79 bits per heavy atom. The molecule has 9 heteroatoms. The zero-order valence-electron chi connectivity index (χ0n) is 15.5. The van der Waals surface area contributed by atoms with Crippen LogP contribution in [-0.2, 0) is 6.54 Å². The third-order valence-electron chi connectivity index (χ3n) is 3.81. The highest BCUT2D eigenvalue weighted by Gasteiger charge is 2.08. The predicted octanol–water partition coefficient (Wildman–Crippen LogP) is 1.10. The minimum absolute atomic E-state index is 0. The zero-order valence-corrected chi connectivity index (χ0v) is 18.7. The fourth-order valence-electron chi connectivity index (χ4n) is 2.57. The van der Waals surface area contributed by atoms with Gasteiger partial charge in [0.1, 0.15) is 5.75 Å². The van der Waals surface area contributed by atoms with Crippen LogP contribution in [0.15, 0.2) is 58.2 Å². The summed E-state index contributed by atoms with van der Waals surface area (Å²) in [4.78, 5) is 0. The molecule has 0 aliphatic heterocycles. The van der Waals surface area contributed by atoms with Gasteiger partial charge in [-0.15, -0.1) is 5.10 Å². The summed E-state index contributed by atoms with van der Waals surface area (Å²) in [6.45, 7) is 4.36. The summed E-state index contributed by atoms with van der Waals surface area (Å²) in [5, 5.41) is 16.3. The van der Waals surface area contributed by atoms with E-state index in [2.05, 4.69) is 42.8 Å². The van der Waals surface area contributed by atoms with E-state index in [4.69, 9.17) is 4.74 Å². The highest BCUT2D eigenvalue weighted by molar-refractivity contribution is 9.10. The van der Waals surface area contributed by atoms with Gasteiger partial charge in [-0.05, 0) is 60.6 Å². The number of rotatable bonds is 10. The maximum atomic E-state index is 5.68. The molecule has 0 saturated heterocycles. The van der Waals surface area contributed by atoms with Gasteiger partial charge in [0, 0.05) is 22.3 Å². The molecule has 0 spiro atoms. The van der Waals surface area contributed by atoms with Crippen LogP contribution in [0, 0.1) is 0 Å². The van der Waals surface area contributed by atoms with Crippen LogP contribution in [0.2, 0.25) is 0 Å². The smallest absolute Gasteiger partial charge is 0.214 e. The van der Waals surface area contributed by atoms with Gasteiger partial charge in [-0.3, -0.25) is 0 Å². The molecule has 0 radical (unpaired) electrons. The van der Waals surface area contributed by atoms with Crippen LogP contribution in [0.5, 0.6) is 5.75 Å². The second-order valence-corrected chi connectivity index (χ2v) is 7.75. The number of hydrogen-bond acceptors (Lipinski definition) is 6. The quantitative estimate of drug-likeness (QED) is 0.344. The summed E-state index contributed by atoms with van der Waals surface area (Å²) < 4.78 is 8.52. The highest BCUT2D eigenvalue weighted by Crippen LogP contribution is 2.23. The van der Waals surface area contributed by atoms with Gasteiger partial charge in [-0.1, -0.05) is 45.9 Å². The Hall–Kier alpha value is -1.61. The summed E-state index contributed by atoms with van der Waals surface area (Å²) in [5.41, 5.74) is 2.13. The number of thioether (sulfide) groups is 1. The molecule has 0 bridgehead atoms. The third-order valence-corrected chi connectivity index (χ3v) is 5.31. The lowest BCUT2D eigenvalue weighted by molar-refractivity contribution is -0.00000602. The number of ether oxygens (including phenoxy) is 1. The summed E-state index contributed by atoms with van der Waals surface area (Å²) in [6.07, 6.45) is 1.02. The van der Waals surface area contributed by atoms with E-state index in [1.807, 2.05) is 49.4 Å². The summed E-state index contributed by atoms with van der Waals surface area (Å²) in [7, 11) is 0. The van der Waals surface area contributed by atoms with Crippen molar-refractivity contribution in [3.8, 4) is 11.4 Å². The lowest BCUT2D eigenvalue weighted by Gasteiger charge is -2.11. The summed E-state index contributed by atoms with van der Waals surface area (Å²) >= 11 is 5.18. The van der Waals surface area contributed by atoms with Crippen LogP contribution in [-0.4, -0.2) is 39.1 Å². The van der Waals surface area contributed by atoms with E-state index in [-0.39, 0.29) is 12.4 Å². The lowest BCUT2D eigenvalue weighted by Crippen LogP contribution is -3.00. The van der Waals surface area contributed by atoms with Gasteiger partial charge in [0.05, 0.1) is 12.3 Å². The molecule has 0 aliphatic carbocycles. The average Bonchev–Trinajstić information content (AvgIpc) is 3.16.